The molecule has 21 heavy (non-hydrogen) atoms. The molecule has 0 aliphatic heterocycles. The van der Waals surface area contributed by atoms with Crippen molar-refractivity contribution in [3.05, 3.63) is 59.9 Å². The molecule has 1 aromatic heterocycles. The Bertz CT molecular complexity index is 585. The van der Waals surface area contributed by atoms with Crippen LogP contribution in [0.1, 0.15) is 23.0 Å². The van der Waals surface area contributed by atoms with Crippen LogP contribution in [0.15, 0.2) is 48.7 Å². The Kier molecular flexibility index (Phi) is 5.29. The quantitative estimate of drug-likeness (QED) is 0.756. The average Bonchev–Trinajstić information content (AvgIpc) is 2.52. The minimum atomic E-state index is -0.450. The molecular weight excluding hydrogens is 266 g/mol. The van der Waals surface area contributed by atoms with Gasteiger partial charge in [-0.15, -0.1) is 0 Å². The average molecular weight is 285 g/mol. The van der Waals surface area contributed by atoms with Gasteiger partial charge in [-0.05, 0) is 24.6 Å². The normalized spacial score (nSPS) is 11.7. The Morgan fingerprint density at radius 2 is 2.05 bits per heavy atom. The second-order valence-electron chi connectivity index (χ2n) is 4.83. The van der Waals surface area contributed by atoms with E-state index in [4.69, 9.17) is 0 Å². The van der Waals surface area contributed by atoms with Gasteiger partial charge in [0.05, 0.1) is 6.10 Å². The zero-order valence-corrected chi connectivity index (χ0v) is 11.9. The van der Waals surface area contributed by atoms with Crippen LogP contribution in [0.5, 0.6) is 0 Å². The van der Waals surface area contributed by atoms with Crippen LogP contribution in [0.2, 0.25) is 0 Å². The molecule has 2 rings (SSSR count). The first kappa shape index (κ1) is 15.0. The number of carbonyl (C=O) groups is 1. The lowest BCUT2D eigenvalue weighted by molar-refractivity contribution is 0.0946. The summed E-state index contributed by atoms with van der Waals surface area (Å²) in [5, 5.41) is 15.1. The molecule has 3 N–H and O–H groups in total. The molecule has 0 saturated heterocycles. The van der Waals surface area contributed by atoms with E-state index in [0.29, 0.717) is 18.8 Å². The lowest BCUT2D eigenvalue weighted by Crippen LogP contribution is -2.24. The van der Waals surface area contributed by atoms with E-state index in [9.17, 15) is 9.90 Å². The maximum Gasteiger partial charge on any atom is 0.270 e. The van der Waals surface area contributed by atoms with E-state index < -0.39 is 6.10 Å². The predicted octanol–water partition coefficient (Wildman–Crippen LogP) is 1.80. The summed E-state index contributed by atoms with van der Waals surface area (Å²) in [6, 6.07) is 13.1. The number of hydrogen-bond acceptors (Lipinski definition) is 4. The SMILES string of the molecule is CC(O)CNc1ccnc(C(=O)NCc2ccccc2)c1. The van der Waals surface area contributed by atoms with Crippen molar-refractivity contribution in [2.75, 3.05) is 11.9 Å². The fourth-order valence-electron chi connectivity index (χ4n) is 1.80. The van der Waals surface area contributed by atoms with Crippen LogP contribution in [0.4, 0.5) is 5.69 Å². The summed E-state index contributed by atoms with van der Waals surface area (Å²) < 4.78 is 0. The van der Waals surface area contributed by atoms with E-state index in [1.165, 1.54) is 0 Å². The van der Waals surface area contributed by atoms with Gasteiger partial charge in [-0.1, -0.05) is 30.3 Å². The van der Waals surface area contributed by atoms with Crippen molar-refractivity contribution in [1.29, 1.82) is 0 Å². The molecule has 0 spiro atoms. The first-order valence-electron chi connectivity index (χ1n) is 6.85. The highest BCUT2D eigenvalue weighted by molar-refractivity contribution is 5.93. The minimum absolute atomic E-state index is 0.223. The highest BCUT2D eigenvalue weighted by atomic mass is 16.3. The van der Waals surface area contributed by atoms with Gasteiger partial charge in [0, 0.05) is 25.0 Å². The van der Waals surface area contributed by atoms with Crippen molar-refractivity contribution in [2.45, 2.75) is 19.6 Å². The molecule has 1 atom stereocenters. The molecule has 1 aromatic carbocycles. The first-order valence-corrected chi connectivity index (χ1v) is 6.85. The Morgan fingerprint density at radius 3 is 2.76 bits per heavy atom. The molecule has 0 radical (unpaired) electrons. The van der Waals surface area contributed by atoms with Crippen LogP contribution in [-0.4, -0.2) is 28.6 Å². The fourth-order valence-corrected chi connectivity index (χ4v) is 1.80. The summed E-state index contributed by atoms with van der Waals surface area (Å²) in [4.78, 5) is 16.1. The third kappa shape index (κ3) is 4.89. The molecule has 0 fully saturated rings. The van der Waals surface area contributed by atoms with Gasteiger partial charge in [-0.2, -0.15) is 0 Å². The molecule has 0 bridgehead atoms. The maximum absolute atomic E-state index is 12.1. The van der Waals surface area contributed by atoms with Crippen molar-refractivity contribution in [3.63, 3.8) is 0 Å². The van der Waals surface area contributed by atoms with Crippen LogP contribution in [0, 0.1) is 0 Å². The number of anilines is 1. The number of nitrogens with zero attached hydrogens (tertiary/aromatic N) is 1. The number of aliphatic hydroxyl groups excluding tert-OH is 1. The second-order valence-corrected chi connectivity index (χ2v) is 4.83. The highest BCUT2D eigenvalue weighted by Gasteiger charge is 2.08. The third-order valence-corrected chi connectivity index (χ3v) is 2.89. The number of benzene rings is 1. The zero-order valence-electron chi connectivity index (χ0n) is 11.9. The summed E-state index contributed by atoms with van der Waals surface area (Å²) in [6.45, 7) is 2.59. The minimum Gasteiger partial charge on any atom is -0.392 e. The Morgan fingerprint density at radius 1 is 1.29 bits per heavy atom. The molecule has 2 aromatic rings. The molecule has 1 heterocycles. The summed E-state index contributed by atoms with van der Waals surface area (Å²) >= 11 is 0. The zero-order chi connectivity index (χ0) is 15.1. The largest absolute Gasteiger partial charge is 0.392 e. The van der Waals surface area contributed by atoms with Gasteiger partial charge < -0.3 is 15.7 Å². The number of amides is 1. The van der Waals surface area contributed by atoms with E-state index in [-0.39, 0.29) is 5.91 Å². The Labute approximate surface area is 124 Å². The van der Waals surface area contributed by atoms with Crippen molar-refractivity contribution >= 4 is 11.6 Å². The number of rotatable bonds is 6. The molecular formula is C16H19N3O2. The number of nitrogens with one attached hydrogen (secondary N) is 2. The van der Waals surface area contributed by atoms with Crippen LogP contribution in [-0.2, 0) is 6.54 Å². The summed E-state index contributed by atoms with van der Waals surface area (Å²) in [7, 11) is 0. The fraction of sp³-hybridized carbons (Fsp3) is 0.250. The van der Waals surface area contributed by atoms with Crippen molar-refractivity contribution in [3.8, 4) is 0 Å². The lowest BCUT2D eigenvalue weighted by atomic mass is 10.2. The molecule has 0 aliphatic carbocycles. The van der Waals surface area contributed by atoms with Gasteiger partial charge in [-0.3, -0.25) is 9.78 Å². The standard InChI is InChI=1S/C16H19N3O2/c1-12(20)10-18-14-7-8-17-15(9-14)16(21)19-11-13-5-3-2-4-6-13/h2-9,12,20H,10-11H2,1H3,(H,17,18)(H,19,21). The predicted molar refractivity (Wildman–Crippen MR) is 82.0 cm³/mol. The number of aromatic nitrogens is 1. The number of pyridine rings is 1. The van der Waals surface area contributed by atoms with Crippen LogP contribution in [0.3, 0.4) is 0 Å². The second kappa shape index (κ2) is 7.40. The van der Waals surface area contributed by atoms with Crippen LogP contribution < -0.4 is 10.6 Å². The van der Waals surface area contributed by atoms with Crippen molar-refractivity contribution in [2.24, 2.45) is 0 Å². The summed E-state index contributed by atoms with van der Waals surface area (Å²) in [5.74, 6) is -0.223. The molecule has 0 aliphatic rings. The van der Waals surface area contributed by atoms with E-state index in [1.807, 2.05) is 30.3 Å². The topological polar surface area (TPSA) is 74.2 Å². The van der Waals surface area contributed by atoms with Gasteiger partial charge in [0.25, 0.3) is 5.91 Å². The van der Waals surface area contributed by atoms with Gasteiger partial charge in [-0.25, -0.2) is 0 Å². The van der Waals surface area contributed by atoms with Gasteiger partial charge in [0.2, 0.25) is 0 Å². The van der Waals surface area contributed by atoms with Crippen LogP contribution >= 0.6 is 0 Å². The van der Waals surface area contributed by atoms with Gasteiger partial charge in [0.15, 0.2) is 0 Å². The molecule has 0 saturated carbocycles. The molecule has 1 amide bonds. The van der Waals surface area contributed by atoms with E-state index in [1.54, 1.807) is 25.3 Å². The number of carbonyl (C=O) groups excluding carboxylic acids is 1. The molecule has 5 heteroatoms. The summed E-state index contributed by atoms with van der Waals surface area (Å²) in [5.41, 5.74) is 2.14. The number of aliphatic hydroxyl groups is 1. The molecule has 1 unspecified atom stereocenters. The molecule has 5 nitrogen and oxygen atoms in total. The van der Waals surface area contributed by atoms with Gasteiger partial charge in [0.1, 0.15) is 5.69 Å². The Balaban J connectivity index is 1.94. The lowest BCUT2D eigenvalue weighted by Gasteiger charge is -2.09. The third-order valence-electron chi connectivity index (χ3n) is 2.89. The van der Waals surface area contributed by atoms with E-state index in [2.05, 4.69) is 15.6 Å². The molecule has 110 valence electrons. The smallest absolute Gasteiger partial charge is 0.270 e. The highest BCUT2D eigenvalue weighted by Crippen LogP contribution is 2.08. The van der Waals surface area contributed by atoms with Crippen molar-refractivity contribution < 1.29 is 9.90 Å². The van der Waals surface area contributed by atoms with Crippen LogP contribution in [0.25, 0.3) is 0 Å². The van der Waals surface area contributed by atoms with Crippen molar-refractivity contribution in [1.82, 2.24) is 10.3 Å². The monoisotopic (exact) mass is 285 g/mol. The number of hydrogen-bond donors (Lipinski definition) is 3. The van der Waals surface area contributed by atoms with E-state index >= 15 is 0 Å². The summed E-state index contributed by atoms with van der Waals surface area (Å²) in [6.07, 6.45) is 1.12. The first-order chi connectivity index (χ1) is 10.1. The maximum atomic E-state index is 12.1. The van der Waals surface area contributed by atoms with E-state index in [0.717, 1.165) is 11.3 Å². The Hall–Kier alpha value is -2.40. The van der Waals surface area contributed by atoms with Gasteiger partial charge >= 0.3 is 0 Å².